The van der Waals surface area contributed by atoms with Crippen LogP contribution in [0.1, 0.15) is 13.3 Å². The van der Waals surface area contributed by atoms with Crippen LogP contribution in [0.4, 0.5) is 4.39 Å². The number of hydrogen-bond donors (Lipinski definition) is 2. The monoisotopic (exact) mass is 332 g/mol. The van der Waals surface area contributed by atoms with Crippen LogP contribution >= 0.6 is 12.4 Å². The molecule has 0 aliphatic carbocycles. The summed E-state index contributed by atoms with van der Waals surface area (Å²) in [4.78, 5) is 12.0. The van der Waals surface area contributed by atoms with Crippen LogP contribution in [0.5, 0.6) is 5.75 Å². The number of ether oxygens (including phenoxy) is 2. The van der Waals surface area contributed by atoms with E-state index in [9.17, 15) is 9.18 Å². The van der Waals surface area contributed by atoms with Crippen molar-refractivity contribution in [3.63, 3.8) is 0 Å². The van der Waals surface area contributed by atoms with Crippen molar-refractivity contribution in [2.45, 2.75) is 25.5 Å². The number of benzene rings is 1. The summed E-state index contributed by atoms with van der Waals surface area (Å²) in [5, 5.41) is 5.93. The van der Waals surface area contributed by atoms with E-state index in [1.807, 2.05) is 6.92 Å². The molecule has 22 heavy (non-hydrogen) atoms. The number of hydrogen-bond acceptors (Lipinski definition) is 4. The maximum atomic E-state index is 13.1. The summed E-state index contributed by atoms with van der Waals surface area (Å²) in [7, 11) is 0. The van der Waals surface area contributed by atoms with Crippen LogP contribution in [0.15, 0.2) is 24.3 Å². The van der Waals surface area contributed by atoms with Crippen molar-refractivity contribution in [2.24, 2.45) is 0 Å². The molecule has 0 aromatic heterocycles. The molecule has 5 nitrogen and oxygen atoms in total. The fourth-order valence-electron chi connectivity index (χ4n) is 2.07. The van der Waals surface area contributed by atoms with Gasteiger partial charge in [-0.3, -0.25) is 4.79 Å². The molecular weight excluding hydrogens is 311 g/mol. The molecule has 1 fully saturated rings. The standard InChI is InChI=1S/C15H21FN2O3.ClH/c1-2-12(21-13-5-3-4-11(16)8-13)9-18-15(19)14-10-20-7-6-17-14;/h3-5,8,12,14,17H,2,6-7,9-10H2,1H3,(H,18,19);1H. The Kier molecular flexibility index (Phi) is 8.16. The van der Waals surface area contributed by atoms with Gasteiger partial charge >= 0.3 is 0 Å². The zero-order valence-electron chi connectivity index (χ0n) is 12.5. The molecular formula is C15H22ClFN2O3. The van der Waals surface area contributed by atoms with Crippen molar-refractivity contribution in [3.05, 3.63) is 30.1 Å². The average molecular weight is 333 g/mol. The van der Waals surface area contributed by atoms with Gasteiger partial charge in [-0.2, -0.15) is 0 Å². The van der Waals surface area contributed by atoms with E-state index in [2.05, 4.69) is 10.6 Å². The molecule has 124 valence electrons. The Labute approximate surface area is 136 Å². The van der Waals surface area contributed by atoms with Gasteiger partial charge in [-0.05, 0) is 18.6 Å². The summed E-state index contributed by atoms with van der Waals surface area (Å²) in [6.07, 6.45) is 0.519. The summed E-state index contributed by atoms with van der Waals surface area (Å²) in [6, 6.07) is 5.68. The number of halogens is 2. The lowest BCUT2D eigenvalue weighted by Gasteiger charge is -2.24. The minimum atomic E-state index is -0.338. The van der Waals surface area contributed by atoms with Gasteiger partial charge in [0.15, 0.2) is 0 Å². The third kappa shape index (κ3) is 5.79. The topological polar surface area (TPSA) is 59.6 Å². The average Bonchev–Trinajstić information content (AvgIpc) is 2.52. The molecule has 1 saturated heterocycles. The van der Waals surface area contributed by atoms with Gasteiger partial charge in [0, 0.05) is 12.6 Å². The molecule has 0 radical (unpaired) electrons. The maximum Gasteiger partial charge on any atom is 0.239 e. The smallest absolute Gasteiger partial charge is 0.239 e. The number of amides is 1. The Morgan fingerprint density at radius 3 is 3.05 bits per heavy atom. The Balaban J connectivity index is 0.00000242. The van der Waals surface area contributed by atoms with Gasteiger partial charge in [-0.25, -0.2) is 4.39 Å². The van der Waals surface area contributed by atoms with Crippen molar-refractivity contribution in [1.82, 2.24) is 10.6 Å². The van der Waals surface area contributed by atoms with Gasteiger partial charge < -0.3 is 20.1 Å². The minimum absolute atomic E-state index is 0. The second-order valence-electron chi connectivity index (χ2n) is 4.93. The molecule has 0 bridgehead atoms. The Morgan fingerprint density at radius 2 is 2.41 bits per heavy atom. The zero-order valence-corrected chi connectivity index (χ0v) is 13.3. The van der Waals surface area contributed by atoms with Crippen molar-refractivity contribution in [1.29, 1.82) is 0 Å². The summed E-state index contributed by atoms with van der Waals surface area (Å²) in [6.45, 7) is 4.02. The van der Waals surface area contributed by atoms with Crippen LogP contribution in [-0.4, -0.2) is 44.4 Å². The SMILES string of the molecule is CCC(CNC(=O)C1COCCN1)Oc1cccc(F)c1.Cl. The molecule has 2 unspecified atom stereocenters. The molecule has 2 rings (SSSR count). The van der Waals surface area contributed by atoms with E-state index in [0.717, 1.165) is 0 Å². The van der Waals surface area contributed by atoms with E-state index >= 15 is 0 Å². The Morgan fingerprint density at radius 1 is 1.59 bits per heavy atom. The van der Waals surface area contributed by atoms with Crippen LogP contribution in [0.3, 0.4) is 0 Å². The van der Waals surface area contributed by atoms with Gasteiger partial charge in [0.25, 0.3) is 0 Å². The first kappa shape index (κ1) is 18.7. The molecule has 2 atom stereocenters. The summed E-state index contributed by atoms with van der Waals surface area (Å²) >= 11 is 0. The first-order valence-corrected chi connectivity index (χ1v) is 7.20. The van der Waals surface area contributed by atoms with Crippen molar-refractivity contribution in [3.8, 4) is 5.75 Å². The van der Waals surface area contributed by atoms with E-state index < -0.39 is 0 Å². The molecule has 1 aromatic rings. The third-order valence-electron chi connectivity index (χ3n) is 3.30. The van der Waals surface area contributed by atoms with E-state index in [1.165, 1.54) is 12.1 Å². The van der Waals surface area contributed by atoms with Crippen LogP contribution < -0.4 is 15.4 Å². The maximum absolute atomic E-state index is 13.1. The highest BCUT2D eigenvalue weighted by Gasteiger charge is 2.21. The summed E-state index contributed by atoms with van der Waals surface area (Å²) in [5.41, 5.74) is 0. The molecule has 1 aliphatic rings. The second-order valence-corrected chi connectivity index (χ2v) is 4.93. The lowest BCUT2D eigenvalue weighted by molar-refractivity contribution is -0.126. The van der Waals surface area contributed by atoms with Crippen LogP contribution in [0.25, 0.3) is 0 Å². The molecule has 0 spiro atoms. The van der Waals surface area contributed by atoms with E-state index in [1.54, 1.807) is 12.1 Å². The minimum Gasteiger partial charge on any atom is -0.489 e. The predicted octanol–water partition coefficient (Wildman–Crippen LogP) is 1.51. The molecule has 1 amide bonds. The zero-order chi connectivity index (χ0) is 15.1. The van der Waals surface area contributed by atoms with Crippen molar-refractivity contribution < 1.29 is 18.7 Å². The van der Waals surface area contributed by atoms with Crippen molar-refractivity contribution >= 4 is 18.3 Å². The van der Waals surface area contributed by atoms with E-state index in [0.29, 0.717) is 38.5 Å². The molecule has 2 N–H and O–H groups in total. The highest BCUT2D eigenvalue weighted by molar-refractivity contribution is 5.85. The summed E-state index contributed by atoms with van der Waals surface area (Å²) < 4.78 is 24.0. The molecule has 0 saturated carbocycles. The number of rotatable bonds is 6. The molecule has 1 heterocycles. The highest BCUT2D eigenvalue weighted by Crippen LogP contribution is 2.14. The second kappa shape index (κ2) is 9.61. The van der Waals surface area contributed by atoms with Crippen LogP contribution in [-0.2, 0) is 9.53 Å². The fraction of sp³-hybridized carbons (Fsp3) is 0.533. The van der Waals surface area contributed by atoms with Crippen LogP contribution in [0, 0.1) is 5.82 Å². The normalized spacial score (nSPS) is 18.9. The third-order valence-corrected chi connectivity index (χ3v) is 3.30. The lowest BCUT2D eigenvalue weighted by Crippen LogP contribution is -2.52. The van der Waals surface area contributed by atoms with Crippen molar-refractivity contribution in [2.75, 3.05) is 26.3 Å². The Hall–Kier alpha value is -1.37. The largest absolute Gasteiger partial charge is 0.489 e. The quantitative estimate of drug-likeness (QED) is 0.829. The van der Waals surface area contributed by atoms with Gasteiger partial charge in [0.1, 0.15) is 23.7 Å². The summed E-state index contributed by atoms with van der Waals surface area (Å²) in [5.74, 6) is 0.0289. The molecule has 1 aromatic carbocycles. The highest BCUT2D eigenvalue weighted by atomic mass is 35.5. The molecule has 7 heteroatoms. The lowest BCUT2D eigenvalue weighted by atomic mass is 10.2. The number of nitrogens with one attached hydrogen (secondary N) is 2. The Bertz CT molecular complexity index is 470. The van der Waals surface area contributed by atoms with Crippen LogP contribution in [0.2, 0.25) is 0 Å². The van der Waals surface area contributed by atoms with E-state index in [4.69, 9.17) is 9.47 Å². The molecule has 1 aliphatic heterocycles. The first-order valence-electron chi connectivity index (χ1n) is 7.20. The van der Waals surface area contributed by atoms with Gasteiger partial charge in [0.05, 0.1) is 19.8 Å². The number of carbonyl (C=O) groups is 1. The number of morpholine rings is 1. The van der Waals surface area contributed by atoms with Gasteiger partial charge in [-0.15, -0.1) is 12.4 Å². The van der Waals surface area contributed by atoms with E-state index in [-0.39, 0.29) is 36.3 Å². The van der Waals surface area contributed by atoms with Gasteiger partial charge in [0.2, 0.25) is 5.91 Å². The number of carbonyl (C=O) groups excluding carboxylic acids is 1. The predicted molar refractivity (Wildman–Crippen MR) is 84.0 cm³/mol. The first-order chi connectivity index (χ1) is 10.2. The van der Waals surface area contributed by atoms with Gasteiger partial charge in [-0.1, -0.05) is 13.0 Å². The fourth-order valence-corrected chi connectivity index (χ4v) is 2.07.